The van der Waals surface area contributed by atoms with E-state index >= 15 is 0 Å². The van der Waals surface area contributed by atoms with Gasteiger partial charge in [0.05, 0.1) is 25.8 Å². The van der Waals surface area contributed by atoms with E-state index in [1.807, 2.05) is 6.07 Å². The molecule has 0 radical (unpaired) electrons. The van der Waals surface area contributed by atoms with Crippen LogP contribution in [0.1, 0.15) is 24.3 Å². The Morgan fingerprint density at radius 3 is 2.39 bits per heavy atom. The van der Waals surface area contributed by atoms with E-state index in [0.717, 1.165) is 25.1 Å². The van der Waals surface area contributed by atoms with Crippen molar-refractivity contribution in [1.82, 2.24) is 9.72 Å². The molecule has 2 aromatic heterocycles. The standard InChI is InChI=1S/C23H24N2O4.CHN/c1-27-23(26)12-14-28-16-18-15-17(24-29-18)7-6-13-25-21-10-4-2-8-19(21)20-9-3-5-11-22(20)25;1-2/h2-5,8-11,15H,6-7,12-14,16H2,1H3;1H. The van der Waals surface area contributed by atoms with Gasteiger partial charge in [0.15, 0.2) is 5.76 Å². The second-order valence-corrected chi connectivity index (χ2v) is 6.95. The molecule has 7 heteroatoms. The van der Waals surface area contributed by atoms with Gasteiger partial charge in [0, 0.05) is 41.0 Å². The lowest BCUT2D eigenvalue weighted by Crippen LogP contribution is -2.05. The van der Waals surface area contributed by atoms with Crippen LogP contribution in [0.4, 0.5) is 0 Å². The number of rotatable bonds is 9. The molecule has 4 aromatic rings. The highest BCUT2D eigenvalue weighted by Crippen LogP contribution is 2.29. The first-order chi connectivity index (χ1) is 15.3. The fourth-order valence-electron chi connectivity index (χ4n) is 3.63. The number of aromatic nitrogens is 2. The van der Waals surface area contributed by atoms with Gasteiger partial charge in [-0.25, -0.2) is 5.26 Å². The molecule has 0 aliphatic carbocycles. The van der Waals surface area contributed by atoms with Gasteiger partial charge in [-0.05, 0) is 25.0 Å². The highest BCUT2D eigenvalue weighted by Gasteiger charge is 2.10. The van der Waals surface area contributed by atoms with Crippen molar-refractivity contribution in [2.45, 2.75) is 32.4 Å². The molecule has 2 aromatic carbocycles. The van der Waals surface area contributed by atoms with E-state index in [4.69, 9.17) is 14.5 Å². The van der Waals surface area contributed by atoms with Gasteiger partial charge in [-0.3, -0.25) is 4.79 Å². The van der Waals surface area contributed by atoms with Gasteiger partial charge < -0.3 is 18.6 Å². The number of ether oxygens (including phenoxy) is 2. The van der Waals surface area contributed by atoms with E-state index in [2.05, 4.69) is 69.6 Å². The molecule has 31 heavy (non-hydrogen) atoms. The summed E-state index contributed by atoms with van der Waals surface area (Å²) in [7, 11) is 1.37. The minimum Gasteiger partial charge on any atom is -0.469 e. The molecule has 0 saturated heterocycles. The zero-order valence-corrected chi connectivity index (χ0v) is 17.5. The van der Waals surface area contributed by atoms with Gasteiger partial charge in [0.2, 0.25) is 0 Å². The van der Waals surface area contributed by atoms with Crippen LogP contribution in [0, 0.1) is 11.8 Å². The Labute approximate surface area is 180 Å². The van der Waals surface area contributed by atoms with Crippen molar-refractivity contribution < 1.29 is 18.8 Å². The number of nitrogens with zero attached hydrogens (tertiary/aromatic N) is 3. The maximum Gasteiger partial charge on any atom is 0.307 e. The Bertz CT molecular complexity index is 1110. The third-order valence-corrected chi connectivity index (χ3v) is 5.02. The maximum atomic E-state index is 11.1. The number of carbonyl (C=O) groups is 1. The van der Waals surface area contributed by atoms with E-state index in [0.29, 0.717) is 19.0 Å². The topological polar surface area (TPSA) is 90.3 Å². The smallest absolute Gasteiger partial charge is 0.307 e. The number of hydrogen-bond acceptors (Lipinski definition) is 6. The molecular formula is C24H25N3O4. The lowest BCUT2D eigenvalue weighted by atomic mass is 10.2. The predicted molar refractivity (Wildman–Crippen MR) is 117 cm³/mol. The average Bonchev–Trinajstić information content (AvgIpc) is 3.41. The van der Waals surface area contributed by atoms with E-state index in [-0.39, 0.29) is 12.4 Å². The fraction of sp³-hybridized carbons (Fsp3) is 0.292. The average molecular weight is 419 g/mol. The summed E-state index contributed by atoms with van der Waals surface area (Å²) < 4.78 is 17.7. The molecule has 0 N–H and O–H groups in total. The van der Waals surface area contributed by atoms with E-state index in [1.54, 1.807) is 0 Å². The van der Waals surface area contributed by atoms with Crippen molar-refractivity contribution >= 4 is 27.8 Å². The first kappa shape index (κ1) is 22.1. The predicted octanol–water partition coefficient (Wildman–Crippen LogP) is 4.63. The van der Waals surface area contributed by atoms with Gasteiger partial charge in [-0.15, -0.1) is 0 Å². The number of benzene rings is 2. The van der Waals surface area contributed by atoms with Gasteiger partial charge in [0.25, 0.3) is 0 Å². The number of esters is 1. The van der Waals surface area contributed by atoms with Crippen molar-refractivity contribution in [3.05, 3.63) is 66.1 Å². The molecule has 7 nitrogen and oxygen atoms in total. The van der Waals surface area contributed by atoms with Gasteiger partial charge >= 0.3 is 5.97 Å². The van der Waals surface area contributed by atoms with Crippen LogP contribution in [-0.2, 0) is 33.8 Å². The van der Waals surface area contributed by atoms with Gasteiger partial charge in [-0.2, -0.15) is 0 Å². The normalized spacial score (nSPS) is 10.7. The summed E-state index contributed by atoms with van der Waals surface area (Å²) in [6, 6.07) is 19.0. The Morgan fingerprint density at radius 1 is 1.10 bits per heavy atom. The van der Waals surface area contributed by atoms with Crippen molar-refractivity contribution in [3.8, 4) is 6.57 Å². The Morgan fingerprint density at radius 2 is 1.74 bits per heavy atom. The number of aryl methyl sites for hydroxylation is 2. The molecule has 0 fully saturated rings. The summed E-state index contributed by atoms with van der Waals surface area (Å²) in [5, 5.41) is 13.2. The van der Waals surface area contributed by atoms with Crippen LogP contribution >= 0.6 is 0 Å². The molecule has 0 bridgehead atoms. The lowest BCUT2D eigenvalue weighted by molar-refractivity contribution is -0.142. The number of methoxy groups -OCH3 is 1. The molecule has 160 valence electrons. The van der Waals surface area contributed by atoms with E-state index in [9.17, 15) is 4.79 Å². The lowest BCUT2D eigenvalue weighted by Gasteiger charge is -2.06. The van der Waals surface area contributed by atoms with Crippen LogP contribution in [0.25, 0.3) is 21.8 Å². The summed E-state index contributed by atoms with van der Waals surface area (Å²) in [4.78, 5) is 11.1. The summed E-state index contributed by atoms with van der Waals surface area (Å²) >= 11 is 0. The van der Waals surface area contributed by atoms with Crippen LogP contribution in [0.5, 0.6) is 0 Å². The van der Waals surface area contributed by atoms with E-state index in [1.165, 1.54) is 28.9 Å². The fourth-order valence-corrected chi connectivity index (χ4v) is 3.63. The van der Waals surface area contributed by atoms with Crippen molar-refractivity contribution in [1.29, 1.82) is 5.26 Å². The van der Waals surface area contributed by atoms with Crippen LogP contribution in [0.3, 0.4) is 0 Å². The zero-order chi connectivity index (χ0) is 22.1. The van der Waals surface area contributed by atoms with Gasteiger partial charge in [-0.1, -0.05) is 41.6 Å². The number of carbonyl (C=O) groups excluding carboxylic acids is 1. The van der Waals surface area contributed by atoms with Crippen molar-refractivity contribution in [2.24, 2.45) is 0 Å². The number of hydrogen-bond donors (Lipinski definition) is 0. The summed E-state index contributed by atoms with van der Waals surface area (Å²) in [5.41, 5.74) is 3.43. The number of nitriles is 1. The minimum absolute atomic E-state index is 0.232. The first-order valence-corrected chi connectivity index (χ1v) is 10.1. The third-order valence-electron chi connectivity index (χ3n) is 5.02. The van der Waals surface area contributed by atoms with Crippen molar-refractivity contribution in [3.63, 3.8) is 0 Å². The monoisotopic (exact) mass is 419 g/mol. The minimum atomic E-state index is -0.284. The van der Waals surface area contributed by atoms with E-state index < -0.39 is 0 Å². The largest absolute Gasteiger partial charge is 0.469 e. The number of para-hydroxylation sites is 2. The van der Waals surface area contributed by atoms with Crippen LogP contribution in [0.15, 0.2) is 59.1 Å². The van der Waals surface area contributed by atoms with Crippen LogP contribution in [0.2, 0.25) is 0 Å². The quantitative estimate of drug-likeness (QED) is 0.290. The van der Waals surface area contributed by atoms with Crippen molar-refractivity contribution in [2.75, 3.05) is 13.7 Å². The maximum absolute atomic E-state index is 11.1. The highest BCUT2D eigenvalue weighted by atomic mass is 16.5. The molecule has 0 amide bonds. The number of fused-ring (bicyclic) bond motifs is 3. The molecule has 2 heterocycles. The van der Waals surface area contributed by atoms with Gasteiger partial charge in [0.1, 0.15) is 6.61 Å². The Kier molecular flexibility index (Phi) is 7.79. The molecule has 0 unspecified atom stereocenters. The van der Waals surface area contributed by atoms with Crippen LogP contribution < -0.4 is 0 Å². The SMILES string of the molecule is C#N.COC(=O)CCOCc1cc(CCCn2c3ccccc3c3ccccc32)no1. The summed E-state index contributed by atoms with van der Waals surface area (Å²) in [6.45, 7) is 5.01. The molecular weight excluding hydrogens is 394 g/mol. The first-order valence-electron chi connectivity index (χ1n) is 10.1. The second-order valence-electron chi connectivity index (χ2n) is 6.95. The highest BCUT2D eigenvalue weighted by molar-refractivity contribution is 6.07. The molecule has 0 aliphatic rings. The Hall–Kier alpha value is -3.63. The third kappa shape index (κ3) is 5.30. The van der Waals surface area contributed by atoms with Crippen LogP contribution in [-0.4, -0.2) is 29.4 Å². The molecule has 0 atom stereocenters. The molecule has 0 saturated carbocycles. The molecule has 0 spiro atoms. The molecule has 0 aliphatic heterocycles. The molecule has 4 rings (SSSR count). The summed E-state index contributed by atoms with van der Waals surface area (Å²) in [5.74, 6) is 0.384. The Balaban J connectivity index is 0.00000132. The second kappa shape index (κ2) is 11.0. The summed E-state index contributed by atoms with van der Waals surface area (Å²) in [6.07, 6.45) is 2.01. The zero-order valence-electron chi connectivity index (χ0n) is 17.5.